The molecule has 11 heavy (non-hydrogen) atoms. The molecule has 2 atom stereocenters. The first kappa shape index (κ1) is 8.53. The summed E-state index contributed by atoms with van der Waals surface area (Å²) < 4.78 is 0. The van der Waals surface area contributed by atoms with Crippen molar-refractivity contribution in [2.24, 2.45) is 5.92 Å². The van der Waals surface area contributed by atoms with Crippen LogP contribution < -0.4 is 0 Å². The molecule has 1 fully saturated rings. The minimum absolute atomic E-state index is 0.115. The Morgan fingerprint density at radius 2 is 2.27 bits per heavy atom. The third kappa shape index (κ3) is 1.93. The Labute approximate surface area is 67.0 Å². The molecule has 0 unspecified atom stereocenters. The van der Waals surface area contributed by atoms with Crippen molar-refractivity contribution in [3.63, 3.8) is 0 Å². The van der Waals surface area contributed by atoms with Gasteiger partial charge in [0, 0.05) is 20.0 Å². The summed E-state index contributed by atoms with van der Waals surface area (Å²) in [6.45, 7) is 4.96. The molecule has 1 amide bonds. The fourth-order valence-electron chi connectivity index (χ4n) is 1.42. The maximum absolute atomic E-state index is 10.9. The van der Waals surface area contributed by atoms with E-state index in [0.29, 0.717) is 13.1 Å². The quantitative estimate of drug-likeness (QED) is 0.547. The van der Waals surface area contributed by atoms with Crippen LogP contribution in [-0.2, 0) is 4.79 Å². The smallest absolute Gasteiger partial charge is 0.219 e. The van der Waals surface area contributed by atoms with Gasteiger partial charge in [0.15, 0.2) is 0 Å². The van der Waals surface area contributed by atoms with Gasteiger partial charge in [0.25, 0.3) is 0 Å². The van der Waals surface area contributed by atoms with Gasteiger partial charge in [0.2, 0.25) is 5.91 Å². The van der Waals surface area contributed by atoms with Gasteiger partial charge in [-0.15, -0.1) is 0 Å². The van der Waals surface area contributed by atoms with Gasteiger partial charge < -0.3 is 10.0 Å². The van der Waals surface area contributed by atoms with Gasteiger partial charge >= 0.3 is 0 Å². The average molecular weight is 157 g/mol. The lowest BCUT2D eigenvalue weighted by Crippen LogP contribution is -2.43. The van der Waals surface area contributed by atoms with Gasteiger partial charge in [0.1, 0.15) is 0 Å². The molecule has 0 aromatic carbocycles. The number of carbonyl (C=O) groups excluding carboxylic acids is 1. The molecule has 1 rings (SSSR count). The van der Waals surface area contributed by atoms with E-state index in [1.165, 1.54) is 0 Å². The van der Waals surface area contributed by atoms with Crippen molar-refractivity contribution in [3.8, 4) is 0 Å². The molecule has 0 bridgehead atoms. The van der Waals surface area contributed by atoms with E-state index >= 15 is 0 Å². The van der Waals surface area contributed by atoms with Crippen molar-refractivity contribution in [2.75, 3.05) is 13.1 Å². The highest BCUT2D eigenvalue weighted by molar-refractivity contribution is 5.73. The molecule has 0 saturated carbocycles. The number of hydrogen-bond acceptors (Lipinski definition) is 2. The van der Waals surface area contributed by atoms with Gasteiger partial charge in [0.05, 0.1) is 6.10 Å². The number of aliphatic hydroxyl groups is 1. The fraction of sp³-hybridized carbons (Fsp3) is 0.875. The molecule has 0 aromatic heterocycles. The van der Waals surface area contributed by atoms with E-state index in [2.05, 4.69) is 0 Å². The van der Waals surface area contributed by atoms with E-state index in [4.69, 9.17) is 0 Å². The number of rotatable bonds is 0. The molecule has 3 nitrogen and oxygen atoms in total. The Balaban J connectivity index is 2.46. The van der Waals surface area contributed by atoms with Crippen LogP contribution in [0.1, 0.15) is 20.3 Å². The lowest BCUT2D eigenvalue weighted by atomic mass is 9.97. The standard InChI is InChI=1S/C8H15NO2/c1-6-5-9(7(2)10)4-3-8(6)11/h6,8,11H,3-5H2,1-2H3/t6-,8+/m0/s1. The third-order valence-electron chi connectivity index (χ3n) is 2.31. The van der Waals surface area contributed by atoms with Crippen LogP contribution in [0, 0.1) is 5.92 Å². The summed E-state index contributed by atoms with van der Waals surface area (Å²) in [4.78, 5) is 12.7. The van der Waals surface area contributed by atoms with E-state index in [1.807, 2.05) is 6.92 Å². The first-order chi connectivity index (χ1) is 5.11. The molecule has 0 radical (unpaired) electrons. The highest BCUT2D eigenvalue weighted by Gasteiger charge is 2.24. The molecular weight excluding hydrogens is 142 g/mol. The highest BCUT2D eigenvalue weighted by atomic mass is 16.3. The number of piperidine rings is 1. The van der Waals surface area contributed by atoms with E-state index in [-0.39, 0.29) is 17.9 Å². The first-order valence-electron chi connectivity index (χ1n) is 4.05. The minimum atomic E-state index is -0.217. The highest BCUT2D eigenvalue weighted by Crippen LogP contribution is 2.15. The van der Waals surface area contributed by atoms with E-state index in [1.54, 1.807) is 11.8 Å². The average Bonchev–Trinajstić information content (AvgIpc) is 1.94. The van der Waals surface area contributed by atoms with Crippen molar-refractivity contribution < 1.29 is 9.90 Å². The zero-order chi connectivity index (χ0) is 8.43. The largest absolute Gasteiger partial charge is 0.393 e. The Kier molecular flexibility index (Phi) is 2.49. The Morgan fingerprint density at radius 1 is 1.64 bits per heavy atom. The van der Waals surface area contributed by atoms with Crippen LogP contribution in [0.4, 0.5) is 0 Å². The second-order valence-electron chi connectivity index (χ2n) is 3.30. The number of likely N-dealkylation sites (tertiary alicyclic amines) is 1. The molecular formula is C8H15NO2. The Morgan fingerprint density at radius 3 is 2.73 bits per heavy atom. The van der Waals surface area contributed by atoms with Crippen molar-refractivity contribution >= 4 is 5.91 Å². The normalized spacial score (nSPS) is 32.1. The minimum Gasteiger partial charge on any atom is -0.393 e. The summed E-state index contributed by atoms with van der Waals surface area (Å²) in [5.41, 5.74) is 0. The molecule has 64 valence electrons. The molecule has 1 N–H and O–H groups in total. The van der Waals surface area contributed by atoms with Crippen LogP contribution in [0.25, 0.3) is 0 Å². The molecule has 0 spiro atoms. The molecule has 0 aliphatic carbocycles. The number of amides is 1. The zero-order valence-electron chi connectivity index (χ0n) is 7.08. The lowest BCUT2D eigenvalue weighted by Gasteiger charge is -2.33. The van der Waals surface area contributed by atoms with Crippen LogP contribution >= 0.6 is 0 Å². The molecule has 1 heterocycles. The van der Waals surface area contributed by atoms with Crippen molar-refractivity contribution in [3.05, 3.63) is 0 Å². The predicted molar refractivity (Wildman–Crippen MR) is 42.0 cm³/mol. The van der Waals surface area contributed by atoms with Crippen molar-refractivity contribution in [1.82, 2.24) is 4.90 Å². The molecule has 1 aliphatic heterocycles. The summed E-state index contributed by atoms with van der Waals surface area (Å²) >= 11 is 0. The van der Waals surface area contributed by atoms with Gasteiger partial charge in [-0.25, -0.2) is 0 Å². The zero-order valence-corrected chi connectivity index (χ0v) is 7.08. The molecule has 0 aromatic rings. The van der Waals surface area contributed by atoms with Crippen molar-refractivity contribution in [1.29, 1.82) is 0 Å². The van der Waals surface area contributed by atoms with Gasteiger partial charge in [-0.2, -0.15) is 0 Å². The van der Waals surface area contributed by atoms with Crippen LogP contribution in [0.2, 0.25) is 0 Å². The number of carbonyl (C=O) groups is 1. The number of aliphatic hydroxyl groups excluding tert-OH is 1. The SMILES string of the molecule is CC(=O)N1CC[C@@H](O)[C@@H](C)C1. The first-order valence-corrected chi connectivity index (χ1v) is 4.05. The monoisotopic (exact) mass is 157 g/mol. The van der Waals surface area contributed by atoms with Crippen LogP contribution in [-0.4, -0.2) is 35.1 Å². The van der Waals surface area contributed by atoms with E-state index in [9.17, 15) is 9.90 Å². The second-order valence-corrected chi connectivity index (χ2v) is 3.30. The number of nitrogens with zero attached hydrogens (tertiary/aromatic N) is 1. The van der Waals surface area contributed by atoms with E-state index in [0.717, 1.165) is 6.42 Å². The maximum atomic E-state index is 10.9. The Hall–Kier alpha value is -0.570. The van der Waals surface area contributed by atoms with Crippen molar-refractivity contribution in [2.45, 2.75) is 26.4 Å². The summed E-state index contributed by atoms with van der Waals surface area (Å²) in [6.07, 6.45) is 0.506. The van der Waals surface area contributed by atoms with Crippen LogP contribution in [0.15, 0.2) is 0 Å². The molecule has 1 saturated heterocycles. The van der Waals surface area contributed by atoms with E-state index < -0.39 is 0 Å². The second kappa shape index (κ2) is 3.22. The Bertz CT molecular complexity index is 158. The van der Waals surface area contributed by atoms with Gasteiger partial charge in [-0.1, -0.05) is 6.92 Å². The summed E-state index contributed by atoms with van der Waals surface area (Å²) in [5, 5.41) is 9.34. The molecule has 3 heteroatoms. The number of hydrogen-bond donors (Lipinski definition) is 1. The summed E-state index contributed by atoms with van der Waals surface area (Å²) in [5.74, 6) is 0.344. The third-order valence-corrected chi connectivity index (χ3v) is 2.31. The van der Waals surface area contributed by atoms with Gasteiger partial charge in [-0.3, -0.25) is 4.79 Å². The fourth-order valence-corrected chi connectivity index (χ4v) is 1.42. The maximum Gasteiger partial charge on any atom is 0.219 e. The summed E-state index contributed by atoms with van der Waals surface area (Å²) in [7, 11) is 0. The predicted octanol–water partition coefficient (Wildman–Crippen LogP) is 0.236. The van der Waals surface area contributed by atoms with Crippen LogP contribution in [0.5, 0.6) is 0 Å². The lowest BCUT2D eigenvalue weighted by molar-refractivity contribution is -0.132. The topological polar surface area (TPSA) is 40.5 Å². The summed E-state index contributed by atoms with van der Waals surface area (Å²) in [6, 6.07) is 0. The van der Waals surface area contributed by atoms with Crippen LogP contribution in [0.3, 0.4) is 0 Å². The molecule has 1 aliphatic rings. The van der Waals surface area contributed by atoms with Gasteiger partial charge in [-0.05, 0) is 12.3 Å².